The number of hydrogen-bond donors (Lipinski definition) is 1. The first-order valence-electron chi connectivity index (χ1n) is 4.39. The number of Topliss-reactive ketones (excluding diaryl/α,β-unsaturated/α-hetero) is 1. The second-order valence-corrected chi connectivity index (χ2v) is 3.87. The standard InChI is InChI=1S/C8H10O2/c9-6-2-5-7-3(6)1-4(7)8(5)10/h3-7,9H,1-2H2/t3?,4?,5-,6?,7-/m1/s1/i9T. The van der Waals surface area contributed by atoms with Gasteiger partial charge in [-0.05, 0) is 24.7 Å². The molecule has 3 unspecified atom stereocenters. The fraction of sp³-hybridized carbons (Fsp3) is 0.875. The van der Waals surface area contributed by atoms with E-state index in [0.717, 1.165) is 12.8 Å². The third-order valence-corrected chi connectivity index (χ3v) is 3.64. The second-order valence-electron chi connectivity index (χ2n) is 3.87. The van der Waals surface area contributed by atoms with Crippen LogP contribution in [0.4, 0.5) is 0 Å². The zero-order valence-electron chi connectivity index (χ0n) is 6.62. The highest BCUT2D eigenvalue weighted by Crippen LogP contribution is 2.63. The molecule has 0 aromatic heterocycles. The van der Waals surface area contributed by atoms with Crippen molar-refractivity contribution in [3.8, 4) is 0 Å². The fourth-order valence-electron chi connectivity index (χ4n) is 3.04. The predicted octanol–water partition coefficient (Wildman–Crippen LogP) is 0.202. The molecule has 1 N–H and O–H groups in total. The first kappa shape index (κ1) is 4.50. The summed E-state index contributed by atoms with van der Waals surface area (Å²) in [6, 6.07) is 0. The highest BCUT2D eigenvalue weighted by molar-refractivity contribution is 5.92. The average molecular weight is 140 g/mol. The van der Waals surface area contributed by atoms with Crippen LogP contribution in [0, 0.1) is 23.7 Å². The van der Waals surface area contributed by atoms with Crippen molar-refractivity contribution >= 4 is 5.78 Å². The maximum atomic E-state index is 11.2. The quantitative estimate of drug-likeness (QED) is 0.565. The number of carbonyl (C=O) groups is 1. The largest absolute Gasteiger partial charge is 0.393 e. The summed E-state index contributed by atoms with van der Waals surface area (Å²) < 4.78 is 6.82. The molecule has 0 amide bonds. The maximum absolute atomic E-state index is 11.2. The van der Waals surface area contributed by atoms with Crippen LogP contribution in [0.15, 0.2) is 0 Å². The Bertz CT molecular complexity index is 228. The van der Waals surface area contributed by atoms with Gasteiger partial charge in [0.15, 0.2) is 0 Å². The lowest BCUT2D eigenvalue weighted by Gasteiger charge is -2.51. The van der Waals surface area contributed by atoms with Crippen LogP contribution >= 0.6 is 0 Å². The number of carbonyl (C=O) groups excluding carboxylic acids is 1. The normalized spacial score (nSPS) is 64.2. The first-order chi connectivity index (χ1) is 5.33. The van der Waals surface area contributed by atoms with E-state index in [1.54, 1.807) is 0 Å². The molecule has 3 fully saturated rings. The summed E-state index contributed by atoms with van der Waals surface area (Å²) >= 11 is 0. The number of rotatable bonds is 1. The highest BCUT2D eigenvalue weighted by Gasteiger charge is 2.66. The molecule has 0 bridgehead atoms. The molecule has 3 rings (SSSR count). The van der Waals surface area contributed by atoms with Crippen LogP contribution in [0.5, 0.6) is 0 Å². The van der Waals surface area contributed by atoms with Crippen molar-refractivity contribution in [2.24, 2.45) is 23.7 Å². The Morgan fingerprint density at radius 2 is 2.30 bits per heavy atom. The molecule has 54 valence electrons. The molecular weight excluding hydrogens is 128 g/mol. The van der Waals surface area contributed by atoms with Gasteiger partial charge in [-0.3, -0.25) is 4.79 Å². The van der Waals surface area contributed by atoms with E-state index in [2.05, 4.69) is 5.11 Å². The number of aliphatic hydroxyl groups excluding tert-OH is 1. The van der Waals surface area contributed by atoms with Crippen molar-refractivity contribution in [1.82, 2.24) is 0 Å². The minimum atomic E-state index is 0.0766. The predicted molar refractivity (Wildman–Crippen MR) is 34.2 cm³/mol. The molecule has 0 radical (unpaired) electrons. The number of aliphatic hydroxyl groups is 1. The highest BCUT2D eigenvalue weighted by atomic mass is 16.3. The van der Waals surface area contributed by atoms with E-state index in [0.29, 0.717) is 23.5 Å². The van der Waals surface area contributed by atoms with Crippen molar-refractivity contribution in [3.63, 3.8) is 0 Å². The zero-order valence-corrected chi connectivity index (χ0v) is 5.62. The molecule has 0 saturated heterocycles. The van der Waals surface area contributed by atoms with E-state index in [-0.39, 0.29) is 12.0 Å². The monoisotopic (exact) mass is 140 g/mol. The SMILES string of the molecule is [3H]OC1C[C@H]2C(=O)C3CC1[C@H]32. The Kier molecular flexibility index (Phi) is 0.586. The summed E-state index contributed by atoms with van der Waals surface area (Å²) in [5.74, 6) is 2.29. The molecule has 10 heavy (non-hydrogen) atoms. The van der Waals surface area contributed by atoms with Crippen LogP contribution in [0.25, 0.3) is 0 Å². The molecule has 3 aliphatic rings. The Labute approximate surface area is 60.7 Å². The number of hydrogen-bond acceptors (Lipinski definition) is 2. The van der Waals surface area contributed by atoms with Crippen molar-refractivity contribution in [1.29, 1.82) is 1.43 Å². The lowest BCUT2D eigenvalue weighted by atomic mass is 9.51. The van der Waals surface area contributed by atoms with Gasteiger partial charge in [-0.2, -0.15) is 0 Å². The van der Waals surface area contributed by atoms with E-state index in [9.17, 15) is 4.79 Å². The van der Waals surface area contributed by atoms with Gasteiger partial charge in [-0.1, -0.05) is 0 Å². The molecule has 0 heterocycles. The topological polar surface area (TPSA) is 37.3 Å². The second kappa shape index (κ2) is 1.30. The van der Waals surface area contributed by atoms with Crippen LogP contribution < -0.4 is 0 Å². The van der Waals surface area contributed by atoms with Gasteiger partial charge in [0.1, 0.15) is 5.78 Å². The molecule has 0 aromatic carbocycles. The van der Waals surface area contributed by atoms with Gasteiger partial charge < -0.3 is 5.11 Å². The Morgan fingerprint density at radius 3 is 3.00 bits per heavy atom. The Balaban J connectivity index is 1.87. The summed E-state index contributed by atoms with van der Waals surface area (Å²) in [5.41, 5.74) is 0. The Morgan fingerprint density at radius 1 is 1.50 bits per heavy atom. The summed E-state index contributed by atoms with van der Waals surface area (Å²) in [7, 11) is 0. The van der Waals surface area contributed by atoms with Crippen LogP contribution in [0.3, 0.4) is 0 Å². The van der Waals surface area contributed by atoms with Gasteiger partial charge in [-0.15, -0.1) is 0 Å². The van der Waals surface area contributed by atoms with Gasteiger partial charge in [0.25, 0.3) is 0 Å². The maximum Gasteiger partial charge on any atom is 0.210 e. The third-order valence-electron chi connectivity index (χ3n) is 3.64. The summed E-state index contributed by atoms with van der Waals surface area (Å²) in [4.78, 5) is 11.2. The van der Waals surface area contributed by atoms with Crippen molar-refractivity contribution in [3.05, 3.63) is 0 Å². The molecule has 2 nitrogen and oxygen atoms in total. The van der Waals surface area contributed by atoms with Gasteiger partial charge in [0.05, 0.1) is 6.10 Å². The van der Waals surface area contributed by atoms with Crippen molar-refractivity contribution in [2.45, 2.75) is 18.9 Å². The van der Waals surface area contributed by atoms with Crippen molar-refractivity contribution in [2.75, 3.05) is 0 Å². The Hall–Kier alpha value is -0.370. The molecule has 3 saturated carbocycles. The molecule has 0 aliphatic heterocycles. The van der Waals surface area contributed by atoms with Crippen LogP contribution in [0.2, 0.25) is 0 Å². The van der Waals surface area contributed by atoms with Gasteiger partial charge >= 0.3 is 0 Å². The van der Waals surface area contributed by atoms with E-state index < -0.39 is 0 Å². The average Bonchev–Trinajstić information content (AvgIpc) is 2.09. The van der Waals surface area contributed by atoms with E-state index in [4.69, 9.17) is 1.43 Å². The first-order valence-corrected chi connectivity index (χ1v) is 3.98. The van der Waals surface area contributed by atoms with Gasteiger partial charge in [-0.25, -0.2) is 0 Å². The summed E-state index contributed by atoms with van der Waals surface area (Å²) in [5, 5.41) is 4.59. The molecule has 3 aliphatic carbocycles. The summed E-state index contributed by atoms with van der Waals surface area (Å²) in [6.07, 6.45) is 1.91. The minimum Gasteiger partial charge on any atom is -0.393 e. The number of ketones is 1. The van der Waals surface area contributed by atoms with Gasteiger partial charge in [0, 0.05) is 11.8 Å². The third kappa shape index (κ3) is 0.335. The molecule has 0 spiro atoms. The minimum absolute atomic E-state index is 0.0766. The van der Waals surface area contributed by atoms with Crippen LogP contribution in [-0.2, 0) is 4.79 Å². The smallest absolute Gasteiger partial charge is 0.210 e. The van der Waals surface area contributed by atoms with E-state index in [1.165, 1.54) is 0 Å². The van der Waals surface area contributed by atoms with E-state index in [1.807, 2.05) is 0 Å². The fourth-order valence-corrected chi connectivity index (χ4v) is 3.04. The lowest BCUT2D eigenvalue weighted by molar-refractivity contribution is -0.155. The molecule has 5 atom stereocenters. The molecule has 2 heteroatoms. The van der Waals surface area contributed by atoms with Crippen LogP contribution in [0.1, 0.15) is 12.8 Å². The van der Waals surface area contributed by atoms with E-state index >= 15 is 0 Å². The van der Waals surface area contributed by atoms with Gasteiger partial charge in [0.2, 0.25) is 1.43 Å². The molecular formula is C8H10O2. The van der Waals surface area contributed by atoms with Crippen LogP contribution in [-0.4, -0.2) is 18.4 Å². The van der Waals surface area contributed by atoms with Crippen molar-refractivity contribution < 1.29 is 9.90 Å². The molecule has 0 aromatic rings. The summed E-state index contributed by atoms with van der Waals surface area (Å²) in [6.45, 7) is 0. The zero-order chi connectivity index (χ0) is 7.59. The lowest BCUT2D eigenvalue weighted by Crippen LogP contribution is -2.55.